The van der Waals surface area contributed by atoms with Crippen molar-refractivity contribution in [3.8, 4) is 10.6 Å². The molecule has 1 aromatic carbocycles. The highest BCUT2D eigenvalue weighted by Crippen LogP contribution is 2.26. The monoisotopic (exact) mass is 219 g/mol. The fourth-order valence-electron chi connectivity index (χ4n) is 1.18. The number of thiazole rings is 1. The van der Waals surface area contributed by atoms with Gasteiger partial charge in [0.25, 0.3) is 0 Å². The zero-order valence-electron chi connectivity index (χ0n) is 9.74. The molecule has 0 saturated carbocycles. The van der Waals surface area contributed by atoms with Crippen molar-refractivity contribution in [1.82, 2.24) is 4.98 Å². The van der Waals surface area contributed by atoms with Crippen molar-refractivity contribution in [3.63, 3.8) is 0 Å². The van der Waals surface area contributed by atoms with Crippen molar-refractivity contribution in [3.05, 3.63) is 40.9 Å². The summed E-state index contributed by atoms with van der Waals surface area (Å²) < 4.78 is 0. The maximum Gasteiger partial charge on any atom is 0.123 e. The lowest BCUT2D eigenvalue weighted by Gasteiger charge is -1.92. The minimum Gasteiger partial charge on any atom is -0.241 e. The van der Waals surface area contributed by atoms with Crippen LogP contribution in [-0.4, -0.2) is 4.98 Å². The van der Waals surface area contributed by atoms with Gasteiger partial charge < -0.3 is 0 Å². The van der Waals surface area contributed by atoms with Crippen LogP contribution in [0.5, 0.6) is 0 Å². The van der Waals surface area contributed by atoms with Crippen molar-refractivity contribution in [1.29, 1.82) is 0 Å². The number of hydrogen-bond donors (Lipinski definition) is 0. The molecule has 2 heteroatoms. The molecule has 0 radical (unpaired) electrons. The summed E-state index contributed by atoms with van der Waals surface area (Å²) in [5.74, 6) is 0. The van der Waals surface area contributed by atoms with Gasteiger partial charge in [-0.05, 0) is 13.8 Å². The van der Waals surface area contributed by atoms with E-state index in [-0.39, 0.29) is 0 Å². The highest BCUT2D eigenvalue weighted by Gasteiger charge is 2.04. The SMILES string of the molecule is CC.Cc1nc(-c2ccccc2)sc1C. The van der Waals surface area contributed by atoms with Gasteiger partial charge in [-0.3, -0.25) is 0 Å². The lowest BCUT2D eigenvalue weighted by molar-refractivity contribution is 1.23. The molecule has 2 rings (SSSR count). The van der Waals surface area contributed by atoms with Crippen LogP contribution in [0.15, 0.2) is 30.3 Å². The summed E-state index contributed by atoms with van der Waals surface area (Å²) in [5.41, 5.74) is 2.35. The zero-order valence-corrected chi connectivity index (χ0v) is 10.6. The molecule has 1 heterocycles. The first-order valence-electron chi connectivity index (χ1n) is 5.27. The second-order valence-corrected chi connectivity index (χ2v) is 4.23. The molecule has 0 atom stereocenters. The molecule has 0 N–H and O–H groups in total. The third-order valence-corrected chi connectivity index (χ3v) is 3.17. The maximum absolute atomic E-state index is 4.50. The van der Waals surface area contributed by atoms with E-state index in [0.29, 0.717) is 0 Å². The predicted octanol–water partition coefficient (Wildman–Crippen LogP) is 4.45. The molecule has 0 aliphatic carbocycles. The van der Waals surface area contributed by atoms with E-state index < -0.39 is 0 Å². The normalized spacial score (nSPS) is 9.33. The average Bonchev–Trinajstić information content (AvgIpc) is 2.63. The van der Waals surface area contributed by atoms with E-state index in [1.807, 2.05) is 32.0 Å². The Labute approximate surface area is 95.8 Å². The van der Waals surface area contributed by atoms with Crippen LogP contribution in [0.25, 0.3) is 10.6 Å². The second kappa shape index (κ2) is 5.66. The third-order valence-electron chi connectivity index (χ3n) is 2.05. The number of aromatic nitrogens is 1. The van der Waals surface area contributed by atoms with Crippen LogP contribution in [0.2, 0.25) is 0 Å². The number of rotatable bonds is 1. The summed E-state index contributed by atoms with van der Waals surface area (Å²) in [6.07, 6.45) is 0. The average molecular weight is 219 g/mol. The molecule has 0 spiro atoms. The Hall–Kier alpha value is -1.15. The van der Waals surface area contributed by atoms with Crippen LogP contribution in [0.3, 0.4) is 0 Å². The minimum absolute atomic E-state index is 1.12. The minimum atomic E-state index is 1.12. The Morgan fingerprint density at radius 2 is 1.60 bits per heavy atom. The Balaban J connectivity index is 0.000000531. The molecule has 1 nitrogen and oxygen atoms in total. The molecule has 0 bridgehead atoms. The predicted molar refractivity (Wildman–Crippen MR) is 68.4 cm³/mol. The lowest BCUT2D eigenvalue weighted by atomic mass is 10.2. The fraction of sp³-hybridized carbons (Fsp3) is 0.308. The van der Waals surface area contributed by atoms with Gasteiger partial charge in [-0.2, -0.15) is 0 Å². The van der Waals surface area contributed by atoms with Crippen molar-refractivity contribution < 1.29 is 0 Å². The van der Waals surface area contributed by atoms with Crippen molar-refractivity contribution in [2.75, 3.05) is 0 Å². The highest BCUT2D eigenvalue weighted by atomic mass is 32.1. The first kappa shape index (κ1) is 11.9. The van der Waals surface area contributed by atoms with Crippen LogP contribution in [0.1, 0.15) is 24.4 Å². The van der Waals surface area contributed by atoms with Gasteiger partial charge in [0.05, 0.1) is 5.69 Å². The van der Waals surface area contributed by atoms with Crippen molar-refractivity contribution in [2.24, 2.45) is 0 Å². The van der Waals surface area contributed by atoms with Crippen LogP contribution >= 0.6 is 11.3 Å². The van der Waals surface area contributed by atoms with Crippen LogP contribution in [-0.2, 0) is 0 Å². The van der Waals surface area contributed by atoms with Crippen LogP contribution in [0.4, 0.5) is 0 Å². The van der Waals surface area contributed by atoms with E-state index in [2.05, 4.69) is 31.0 Å². The van der Waals surface area contributed by atoms with Gasteiger partial charge >= 0.3 is 0 Å². The molecule has 0 amide bonds. The molecular weight excluding hydrogens is 202 g/mol. The summed E-state index contributed by atoms with van der Waals surface area (Å²) in [6, 6.07) is 10.3. The van der Waals surface area contributed by atoms with Crippen LogP contribution < -0.4 is 0 Å². The summed E-state index contributed by atoms with van der Waals surface area (Å²) in [6.45, 7) is 8.16. The Morgan fingerprint density at radius 1 is 1.00 bits per heavy atom. The maximum atomic E-state index is 4.50. The molecule has 1 aromatic heterocycles. The fourth-order valence-corrected chi connectivity index (χ4v) is 2.10. The molecule has 2 aromatic rings. The molecule has 0 fully saturated rings. The van der Waals surface area contributed by atoms with E-state index in [1.54, 1.807) is 11.3 Å². The van der Waals surface area contributed by atoms with E-state index in [4.69, 9.17) is 0 Å². The Bertz CT molecular complexity index is 384. The first-order valence-corrected chi connectivity index (χ1v) is 6.08. The standard InChI is InChI=1S/C11H11NS.C2H6/c1-8-9(2)13-11(12-8)10-6-4-3-5-7-10;1-2/h3-7H,1-2H3;1-2H3. The van der Waals surface area contributed by atoms with Gasteiger partial charge in [-0.25, -0.2) is 4.98 Å². The van der Waals surface area contributed by atoms with Crippen molar-refractivity contribution >= 4 is 11.3 Å². The smallest absolute Gasteiger partial charge is 0.123 e. The van der Waals surface area contributed by atoms with E-state index in [0.717, 1.165) is 10.7 Å². The van der Waals surface area contributed by atoms with E-state index in [9.17, 15) is 0 Å². The highest BCUT2D eigenvalue weighted by molar-refractivity contribution is 7.15. The summed E-state index contributed by atoms with van der Waals surface area (Å²) >= 11 is 1.76. The first-order chi connectivity index (χ1) is 7.27. The van der Waals surface area contributed by atoms with Gasteiger partial charge in [0, 0.05) is 10.4 Å². The van der Waals surface area contributed by atoms with Gasteiger partial charge in [-0.15, -0.1) is 11.3 Å². The number of benzene rings is 1. The molecule has 0 aliphatic rings. The van der Waals surface area contributed by atoms with E-state index in [1.165, 1.54) is 10.4 Å². The van der Waals surface area contributed by atoms with Crippen LogP contribution in [0, 0.1) is 13.8 Å². The molecule has 0 unspecified atom stereocenters. The zero-order chi connectivity index (χ0) is 11.3. The largest absolute Gasteiger partial charge is 0.241 e. The lowest BCUT2D eigenvalue weighted by Crippen LogP contribution is -1.75. The van der Waals surface area contributed by atoms with E-state index >= 15 is 0 Å². The van der Waals surface area contributed by atoms with Gasteiger partial charge in [-0.1, -0.05) is 44.2 Å². The molecule has 80 valence electrons. The quantitative estimate of drug-likeness (QED) is 0.690. The third kappa shape index (κ3) is 2.90. The van der Waals surface area contributed by atoms with Gasteiger partial charge in [0.2, 0.25) is 0 Å². The number of nitrogens with zero attached hydrogens (tertiary/aromatic N) is 1. The Kier molecular flexibility index (Phi) is 4.50. The number of hydrogen-bond acceptors (Lipinski definition) is 2. The second-order valence-electron chi connectivity index (χ2n) is 3.03. The summed E-state index contributed by atoms with van der Waals surface area (Å²) in [5, 5.41) is 1.12. The van der Waals surface area contributed by atoms with Crippen molar-refractivity contribution in [2.45, 2.75) is 27.7 Å². The Morgan fingerprint density at radius 3 is 2.07 bits per heavy atom. The summed E-state index contributed by atoms with van der Waals surface area (Å²) in [7, 11) is 0. The topological polar surface area (TPSA) is 12.9 Å². The summed E-state index contributed by atoms with van der Waals surface area (Å²) in [4.78, 5) is 5.80. The molecule has 0 aliphatic heterocycles. The molecule has 0 saturated heterocycles. The number of aryl methyl sites for hydroxylation is 2. The molecule has 15 heavy (non-hydrogen) atoms. The van der Waals surface area contributed by atoms with Gasteiger partial charge in [0.1, 0.15) is 5.01 Å². The molecular formula is C13H17NS. The van der Waals surface area contributed by atoms with Gasteiger partial charge in [0.15, 0.2) is 0 Å².